The SMILES string of the molecule is CCn1cc(C(=O)CSc2nnc(COc3ccc(OC)cc3)n2C)c2ccccc21. The van der Waals surface area contributed by atoms with Gasteiger partial charge in [-0.2, -0.15) is 0 Å². The van der Waals surface area contributed by atoms with Gasteiger partial charge < -0.3 is 18.6 Å². The highest BCUT2D eigenvalue weighted by Crippen LogP contribution is 2.25. The molecule has 7 nitrogen and oxygen atoms in total. The van der Waals surface area contributed by atoms with Crippen molar-refractivity contribution >= 4 is 28.4 Å². The van der Waals surface area contributed by atoms with Crippen LogP contribution in [0.3, 0.4) is 0 Å². The number of rotatable bonds is 9. The van der Waals surface area contributed by atoms with Crippen molar-refractivity contribution in [2.24, 2.45) is 7.05 Å². The van der Waals surface area contributed by atoms with Crippen molar-refractivity contribution < 1.29 is 14.3 Å². The highest BCUT2D eigenvalue weighted by Gasteiger charge is 2.17. The number of carbonyl (C=O) groups is 1. The fourth-order valence-electron chi connectivity index (χ4n) is 3.35. The summed E-state index contributed by atoms with van der Waals surface area (Å²) in [5.74, 6) is 2.56. The van der Waals surface area contributed by atoms with Crippen molar-refractivity contribution in [3.8, 4) is 11.5 Å². The second-order valence-electron chi connectivity index (χ2n) is 6.98. The van der Waals surface area contributed by atoms with E-state index in [1.165, 1.54) is 11.8 Å². The summed E-state index contributed by atoms with van der Waals surface area (Å²) in [4.78, 5) is 12.9. The van der Waals surface area contributed by atoms with Gasteiger partial charge in [0.05, 0.1) is 12.9 Å². The van der Waals surface area contributed by atoms with E-state index in [-0.39, 0.29) is 12.4 Å². The summed E-state index contributed by atoms with van der Waals surface area (Å²) < 4.78 is 14.9. The van der Waals surface area contributed by atoms with Crippen molar-refractivity contribution in [2.45, 2.75) is 25.2 Å². The fraction of sp³-hybridized carbons (Fsp3) is 0.261. The van der Waals surface area contributed by atoms with Gasteiger partial charge in [0.1, 0.15) is 18.1 Å². The van der Waals surface area contributed by atoms with E-state index in [4.69, 9.17) is 9.47 Å². The molecule has 0 radical (unpaired) electrons. The van der Waals surface area contributed by atoms with Crippen molar-refractivity contribution in [3.05, 3.63) is 66.1 Å². The molecule has 0 fully saturated rings. The lowest BCUT2D eigenvalue weighted by Gasteiger charge is -2.07. The summed E-state index contributed by atoms with van der Waals surface area (Å²) in [6.45, 7) is 3.18. The molecular formula is C23H24N4O3S. The number of para-hydroxylation sites is 1. The van der Waals surface area contributed by atoms with Crippen LogP contribution < -0.4 is 9.47 Å². The predicted molar refractivity (Wildman–Crippen MR) is 121 cm³/mol. The molecule has 0 aliphatic carbocycles. The Kier molecular flexibility index (Phi) is 6.27. The standard InChI is InChI=1S/C23H24N4O3S/c1-4-27-13-19(18-7-5-6-8-20(18)27)21(28)15-31-23-25-24-22(26(23)2)14-30-17-11-9-16(29-3)10-12-17/h5-13H,4,14-15H2,1-3H3. The van der Waals surface area contributed by atoms with E-state index in [0.29, 0.717) is 16.7 Å². The monoisotopic (exact) mass is 436 g/mol. The summed E-state index contributed by atoms with van der Waals surface area (Å²) in [5.41, 5.74) is 1.82. The van der Waals surface area contributed by atoms with Crippen molar-refractivity contribution in [3.63, 3.8) is 0 Å². The molecule has 0 amide bonds. The first kappa shape index (κ1) is 21.0. The minimum absolute atomic E-state index is 0.0763. The number of aromatic nitrogens is 4. The van der Waals surface area contributed by atoms with Crippen LogP contribution in [0.4, 0.5) is 0 Å². The zero-order chi connectivity index (χ0) is 21.8. The Hall–Kier alpha value is -3.26. The Labute approximate surface area is 185 Å². The molecule has 0 atom stereocenters. The van der Waals surface area contributed by atoms with E-state index in [1.807, 2.05) is 66.3 Å². The van der Waals surface area contributed by atoms with Gasteiger partial charge in [-0.3, -0.25) is 4.79 Å². The first-order valence-corrected chi connectivity index (χ1v) is 11.0. The fourth-order valence-corrected chi connectivity index (χ4v) is 4.17. The zero-order valence-corrected chi connectivity index (χ0v) is 18.6. The molecule has 0 N–H and O–H groups in total. The van der Waals surface area contributed by atoms with Crippen LogP contribution in [-0.4, -0.2) is 38.0 Å². The lowest BCUT2D eigenvalue weighted by Crippen LogP contribution is -2.06. The Morgan fingerprint density at radius 3 is 2.55 bits per heavy atom. The maximum atomic E-state index is 12.9. The molecule has 4 rings (SSSR count). The highest BCUT2D eigenvalue weighted by molar-refractivity contribution is 7.99. The van der Waals surface area contributed by atoms with E-state index >= 15 is 0 Å². The zero-order valence-electron chi connectivity index (χ0n) is 17.7. The maximum Gasteiger partial charge on any atom is 0.191 e. The van der Waals surface area contributed by atoms with Crippen molar-refractivity contribution in [2.75, 3.05) is 12.9 Å². The number of aryl methyl sites for hydroxylation is 1. The number of hydrogen-bond donors (Lipinski definition) is 0. The average Bonchev–Trinajstić information content (AvgIpc) is 3.36. The number of ether oxygens (including phenoxy) is 2. The van der Waals surface area contributed by atoms with E-state index in [9.17, 15) is 4.79 Å². The molecule has 0 unspecified atom stereocenters. The molecule has 0 saturated carbocycles. The number of ketones is 1. The van der Waals surface area contributed by atoms with Gasteiger partial charge in [0, 0.05) is 36.3 Å². The molecule has 31 heavy (non-hydrogen) atoms. The van der Waals surface area contributed by atoms with E-state index in [0.717, 1.165) is 34.5 Å². The second-order valence-corrected chi connectivity index (χ2v) is 7.92. The normalized spacial score (nSPS) is 11.1. The third kappa shape index (κ3) is 4.44. The molecular weight excluding hydrogens is 412 g/mol. The quantitative estimate of drug-likeness (QED) is 0.287. The topological polar surface area (TPSA) is 71.2 Å². The summed E-state index contributed by atoms with van der Waals surface area (Å²) >= 11 is 1.38. The number of nitrogens with zero attached hydrogens (tertiary/aromatic N) is 4. The van der Waals surface area contributed by atoms with Gasteiger partial charge in [-0.05, 0) is 37.3 Å². The molecule has 0 aliphatic rings. The van der Waals surface area contributed by atoms with Gasteiger partial charge in [-0.15, -0.1) is 10.2 Å². The van der Waals surface area contributed by atoms with Crippen LogP contribution in [-0.2, 0) is 20.2 Å². The van der Waals surface area contributed by atoms with E-state index < -0.39 is 0 Å². The van der Waals surface area contributed by atoms with Gasteiger partial charge in [0.2, 0.25) is 0 Å². The molecule has 0 spiro atoms. The van der Waals surface area contributed by atoms with Crippen LogP contribution in [0.5, 0.6) is 11.5 Å². The lowest BCUT2D eigenvalue weighted by molar-refractivity contribution is 0.102. The van der Waals surface area contributed by atoms with Gasteiger partial charge in [-0.1, -0.05) is 30.0 Å². The van der Waals surface area contributed by atoms with Crippen LogP contribution >= 0.6 is 11.8 Å². The number of methoxy groups -OCH3 is 1. The molecule has 8 heteroatoms. The first-order valence-electron chi connectivity index (χ1n) is 9.99. The van der Waals surface area contributed by atoms with Crippen molar-refractivity contribution in [1.82, 2.24) is 19.3 Å². The largest absolute Gasteiger partial charge is 0.497 e. The maximum absolute atomic E-state index is 12.9. The second kappa shape index (κ2) is 9.26. The van der Waals surface area contributed by atoms with Crippen LogP contribution in [0.15, 0.2) is 59.9 Å². The summed E-state index contributed by atoms with van der Waals surface area (Å²) in [6, 6.07) is 15.4. The average molecular weight is 437 g/mol. The Bertz CT molecular complexity index is 1200. The minimum Gasteiger partial charge on any atom is -0.497 e. The number of thioether (sulfide) groups is 1. The van der Waals surface area contributed by atoms with Crippen LogP contribution in [0.25, 0.3) is 10.9 Å². The third-order valence-electron chi connectivity index (χ3n) is 5.11. The highest BCUT2D eigenvalue weighted by atomic mass is 32.2. The molecule has 0 aliphatic heterocycles. The van der Waals surface area contributed by atoms with Crippen LogP contribution in [0.1, 0.15) is 23.1 Å². The molecule has 4 aromatic rings. The molecule has 160 valence electrons. The van der Waals surface area contributed by atoms with Gasteiger partial charge in [0.15, 0.2) is 16.8 Å². The Morgan fingerprint density at radius 1 is 1.06 bits per heavy atom. The lowest BCUT2D eigenvalue weighted by atomic mass is 10.1. The first-order chi connectivity index (χ1) is 15.1. The summed E-state index contributed by atoms with van der Waals surface area (Å²) in [5, 5.41) is 10.1. The van der Waals surface area contributed by atoms with Crippen LogP contribution in [0, 0.1) is 0 Å². The molecule has 0 saturated heterocycles. The van der Waals surface area contributed by atoms with E-state index in [2.05, 4.69) is 21.7 Å². The number of Topliss-reactive ketones (excluding diaryl/α,β-unsaturated/α-hetero) is 1. The smallest absolute Gasteiger partial charge is 0.191 e. The van der Waals surface area contributed by atoms with Gasteiger partial charge in [0.25, 0.3) is 0 Å². The minimum atomic E-state index is 0.0763. The predicted octanol–water partition coefficient (Wildman–Crippen LogP) is 4.35. The van der Waals surface area contributed by atoms with Crippen molar-refractivity contribution in [1.29, 1.82) is 0 Å². The third-order valence-corrected chi connectivity index (χ3v) is 6.13. The number of fused-ring (bicyclic) bond motifs is 1. The molecule has 2 aromatic carbocycles. The molecule has 0 bridgehead atoms. The number of carbonyl (C=O) groups excluding carboxylic acids is 1. The van der Waals surface area contributed by atoms with E-state index in [1.54, 1.807) is 7.11 Å². The number of hydrogen-bond acceptors (Lipinski definition) is 6. The van der Waals surface area contributed by atoms with Crippen LogP contribution in [0.2, 0.25) is 0 Å². The van der Waals surface area contributed by atoms with Gasteiger partial charge >= 0.3 is 0 Å². The number of benzene rings is 2. The summed E-state index contributed by atoms with van der Waals surface area (Å²) in [7, 11) is 3.50. The van der Waals surface area contributed by atoms with Gasteiger partial charge in [-0.25, -0.2) is 0 Å². The molecule has 2 heterocycles. The Balaban J connectivity index is 1.40. The Morgan fingerprint density at radius 2 is 1.81 bits per heavy atom. The summed E-state index contributed by atoms with van der Waals surface area (Å²) in [6.07, 6.45) is 1.94. The molecule has 2 aromatic heterocycles.